The maximum absolute atomic E-state index is 3.74. The second kappa shape index (κ2) is 6.17. The molecule has 3 heteroatoms. The lowest BCUT2D eigenvalue weighted by Crippen LogP contribution is -2.34. The van der Waals surface area contributed by atoms with Gasteiger partial charge in [0.25, 0.3) is 0 Å². The van der Waals surface area contributed by atoms with Crippen LogP contribution in [0.15, 0.2) is 0 Å². The van der Waals surface area contributed by atoms with Crippen LogP contribution in [0.25, 0.3) is 0 Å². The van der Waals surface area contributed by atoms with Crippen LogP contribution in [0.4, 0.5) is 0 Å². The fourth-order valence-electron chi connectivity index (χ4n) is 2.98. The van der Waals surface area contributed by atoms with E-state index in [9.17, 15) is 0 Å². The first-order valence-corrected chi connectivity index (χ1v) is 7.30. The third-order valence-corrected chi connectivity index (χ3v) is 4.10. The van der Waals surface area contributed by atoms with Crippen molar-refractivity contribution < 1.29 is 0 Å². The first-order chi connectivity index (χ1) is 8.16. The number of likely N-dealkylation sites (tertiary alicyclic amines) is 1. The van der Waals surface area contributed by atoms with Crippen LogP contribution in [-0.4, -0.2) is 61.7 Å². The molecule has 1 aliphatic heterocycles. The van der Waals surface area contributed by atoms with Gasteiger partial charge in [-0.1, -0.05) is 0 Å². The number of nitrogens with zero attached hydrogens (tertiary/aromatic N) is 2. The van der Waals surface area contributed by atoms with Gasteiger partial charge in [0.05, 0.1) is 0 Å². The minimum Gasteiger partial charge on any atom is -0.313 e. The molecule has 100 valence electrons. The Labute approximate surface area is 107 Å². The molecule has 1 heterocycles. The molecule has 2 unspecified atom stereocenters. The molecule has 0 spiro atoms. The van der Waals surface area contributed by atoms with Crippen molar-refractivity contribution >= 4 is 0 Å². The van der Waals surface area contributed by atoms with Crippen molar-refractivity contribution in [2.24, 2.45) is 0 Å². The van der Waals surface area contributed by atoms with Crippen LogP contribution in [0, 0.1) is 0 Å². The highest BCUT2D eigenvalue weighted by Crippen LogP contribution is 2.33. The lowest BCUT2D eigenvalue weighted by Gasteiger charge is -2.19. The molecular formula is C14H29N3. The summed E-state index contributed by atoms with van der Waals surface area (Å²) in [6.07, 6.45) is 6.87. The highest BCUT2D eigenvalue weighted by Gasteiger charge is 2.38. The average molecular weight is 239 g/mol. The quantitative estimate of drug-likeness (QED) is 0.680. The number of unbranched alkanes of at least 4 members (excludes halogenated alkanes) is 1. The summed E-state index contributed by atoms with van der Waals surface area (Å²) in [5.41, 5.74) is 0. The van der Waals surface area contributed by atoms with E-state index in [4.69, 9.17) is 0 Å². The molecule has 0 aromatic rings. The second-order valence-electron chi connectivity index (χ2n) is 6.17. The summed E-state index contributed by atoms with van der Waals surface area (Å²) in [4.78, 5) is 4.99. The van der Waals surface area contributed by atoms with Crippen molar-refractivity contribution in [3.63, 3.8) is 0 Å². The van der Waals surface area contributed by atoms with E-state index in [1.807, 2.05) is 0 Å². The maximum atomic E-state index is 3.74. The van der Waals surface area contributed by atoms with Crippen LogP contribution >= 0.6 is 0 Å². The van der Waals surface area contributed by atoms with E-state index in [0.717, 1.165) is 18.1 Å². The van der Waals surface area contributed by atoms with Gasteiger partial charge in [-0.25, -0.2) is 0 Å². The molecule has 2 atom stereocenters. The molecule has 0 radical (unpaired) electrons. The normalized spacial score (nSPS) is 30.4. The molecule has 0 amide bonds. The van der Waals surface area contributed by atoms with Gasteiger partial charge in [0.15, 0.2) is 0 Å². The molecule has 1 aliphatic carbocycles. The first-order valence-electron chi connectivity index (χ1n) is 7.30. The Bertz CT molecular complexity index is 226. The third kappa shape index (κ3) is 4.23. The average Bonchev–Trinajstić information content (AvgIpc) is 3.03. The summed E-state index contributed by atoms with van der Waals surface area (Å²) < 4.78 is 0. The van der Waals surface area contributed by atoms with Crippen molar-refractivity contribution in [2.75, 3.05) is 33.7 Å². The summed E-state index contributed by atoms with van der Waals surface area (Å²) in [6.45, 7) is 6.10. The van der Waals surface area contributed by atoms with Gasteiger partial charge in [-0.05, 0) is 66.2 Å². The zero-order chi connectivity index (χ0) is 12.3. The van der Waals surface area contributed by atoms with Gasteiger partial charge in [0, 0.05) is 24.7 Å². The predicted octanol–water partition coefficient (Wildman–Crippen LogP) is 1.54. The maximum Gasteiger partial charge on any atom is 0.0210 e. The fourth-order valence-corrected chi connectivity index (χ4v) is 2.98. The monoisotopic (exact) mass is 239 g/mol. The van der Waals surface area contributed by atoms with E-state index in [-0.39, 0.29) is 0 Å². The van der Waals surface area contributed by atoms with Crippen molar-refractivity contribution in [2.45, 2.75) is 57.2 Å². The molecule has 1 saturated heterocycles. The summed E-state index contributed by atoms with van der Waals surface area (Å²) in [6, 6.07) is 2.50. The van der Waals surface area contributed by atoms with E-state index in [1.54, 1.807) is 0 Å². The van der Waals surface area contributed by atoms with Gasteiger partial charge >= 0.3 is 0 Å². The van der Waals surface area contributed by atoms with E-state index >= 15 is 0 Å². The Morgan fingerprint density at radius 3 is 2.65 bits per heavy atom. The standard InChI is InChI=1S/C14H29N3/c1-12-10-13(11-17(12)14-6-7-14)15-8-4-5-9-16(2)3/h12-15H,4-11H2,1-3H3. The van der Waals surface area contributed by atoms with E-state index in [1.165, 1.54) is 51.7 Å². The molecule has 1 N–H and O–H groups in total. The highest BCUT2D eigenvalue weighted by molar-refractivity contribution is 4.95. The zero-order valence-electron chi connectivity index (χ0n) is 11.8. The second-order valence-corrected chi connectivity index (χ2v) is 6.17. The molecular weight excluding hydrogens is 210 g/mol. The van der Waals surface area contributed by atoms with E-state index in [0.29, 0.717) is 0 Å². The number of hydrogen-bond donors (Lipinski definition) is 1. The number of hydrogen-bond acceptors (Lipinski definition) is 3. The Balaban J connectivity index is 1.54. The molecule has 0 aromatic heterocycles. The predicted molar refractivity (Wildman–Crippen MR) is 73.4 cm³/mol. The van der Waals surface area contributed by atoms with Crippen LogP contribution in [-0.2, 0) is 0 Å². The Hall–Kier alpha value is -0.120. The van der Waals surface area contributed by atoms with Gasteiger partial charge < -0.3 is 10.2 Å². The lowest BCUT2D eigenvalue weighted by atomic mass is 10.2. The lowest BCUT2D eigenvalue weighted by molar-refractivity contribution is 0.255. The van der Waals surface area contributed by atoms with Gasteiger partial charge in [0.1, 0.15) is 0 Å². The van der Waals surface area contributed by atoms with Crippen LogP contribution < -0.4 is 5.32 Å². The number of nitrogens with one attached hydrogen (secondary N) is 1. The van der Waals surface area contributed by atoms with Gasteiger partial charge in [-0.2, -0.15) is 0 Å². The topological polar surface area (TPSA) is 18.5 Å². The minimum atomic E-state index is 0.755. The van der Waals surface area contributed by atoms with Gasteiger partial charge in [-0.3, -0.25) is 4.90 Å². The molecule has 0 bridgehead atoms. The Kier molecular flexibility index (Phi) is 4.83. The molecule has 1 saturated carbocycles. The van der Waals surface area contributed by atoms with Crippen molar-refractivity contribution in [3.05, 3.63) is 0 Å². The summed E-state index contributed by atoms with van der Waals surface area (Å²) >= 11 is 0. The van der Waals surface area contributed by atoms with Crippen LogP contribution in [0.3, 0.4) is 0 Å². The molecule has 2 rings (SSSR count). The van der Waals surface area contributed by atoms with E-state index < -0.39 is 0 Å². The highest BCUT2D eigenvalue weighted by atomic mass is 15.3. The summed E-state index contributed by atoms with van der Waals surface area (Å²) in [5, 5.41) is 3.74. The minimum absolute atomic E-state index is 0.755. The fraction of sp³-hybridized carbons (Fsp3) is 1.00. The van der Waals surface area contributed by atoms with Crippen molar-refractivity contribution in [1.82, 2.24) is 15.1 Å². The zero-order valence-corrected chi connectivity index (χ0v) is 11.8. The van der Waals surface area contributed by atoms with Crippen molar-refractivity contribution in [3.8, 4) is 0 Å². The van der Waals surface area contributed by atoms with Crippen LogP contribution in [0.2, 0.25) is 0 Å². The molecule has 2 fully saturated rings. The van der Waals surface area contributed by atoms with E-state index in [2.05, 4.69) is 36.1 Å². The van der Waals surface area contributed by atoms with Crippen molar-refractivity contribution in [1.29, 1.82) is 0 Å². The Morgan fingerprint density at radius 1 is 1.24 bits per heavy atom. The number of rotatable bonds is 7. The third-order valence-electron chi connectivity index (χ3n) is 4.10. The van der Waals surface area contributed by atoms with Gasteiger partial charge in [-0.15, -0.1) is 0 Å². The van der Waals surface area contributed by atoms with Crippen LogP contribution in [0.1, 0.15) is 39.0 Å². The summed E-state index contributed by atoms with van der Waals surface area (Å²) in [7, 11) is 4.30. The molecule has 3 nitrogen and oxygen atoms in total. The molecule has 17 heavy (non-hydrogen) atoms. The molecule has 0 aromatic carbocycles. The SMILES string of the molecule is CC1CC(NCCCCN(C)C)CN1C1CC1. The first kappa shape index (κ1) is 13.3. The largest absolute Gasteiger partial charge is 0.313 e. The molecule has 2 aliphatic rings. The smallest absolute Gasteiger partial charge is 0.0210 e. The van der Waals surface area contributed by atoms with Crippen LogP contribution in [0.5, 0.6) is 0 Å². The summed E-state index contributed by atoms with van der Waals surface area (Å²) in [5.74, 6) is 0. The van der Waals surface area contributed by atoms with Gasteiger partial charge in [0.2, 0.25) is 0 Å². The Morgan fingerprint density at radius 2 is 2.00 bits per heavy atom.